The lowest BCUT2D eigenvalue weighted by molar-refractivity contribution is 1.38. The van der Waals surface area contributed by atoms with E-state index in [4.69, 9.17) is 17.3 Å². The molecule has 20 heavy (non-hydrogen) atoms. The topological polar surface area (TPSA) is 50.9 Å². The number of nitrogens with zero attached hydrogens (tertiary/aromatic N) is 1. The van der Waals surface area contributed by atoms with Crippen LogP contribution in [0.15, 0.2) is 53.1 Å². The summed E-state index contributed by atoms with van der Waals surface area (Å²) in [5, 5.41) is 4.89. The molecule has 0 radical (unpaired) electrons. The van der Waals surface area contributed by atoms with E-state index in [1.807, 2.05) is 36.4 Å². The molecule has 3 aromatic rings. The van der Waals surface area contributed by atoms with Gasteiger partial charge in [-0.3, -0.25) is 4.98 Å². The Morgan fingerprint density at radius 3 is 2.75 bits per heavy atom. The maximum Gasteiger partial charge on any atom is 0.0937 e. The van der Waals surface area contributed by atoms with E-state index in [1.54, 1.807) is 12.3 Å². The number of fused-ring (bicyclic) bond motifs is 1. The molecule has 5 heteroatoms. The average Bonchev–Trinajstić information content (AvgIpc) is 2.42. The fourth-order valence-electron chi connectivity index (χ4n) is 2.04. The molecule has 0 aliphatic rings. The molecule has 1 heterocycles. The summed E-state index contributed by atoms with van der Waals surface area (Å²) in [7, 11) is 0. The van der Waals surface area contributed by atoms with E-state index in [1.165, 1.54) is 0 Å². The molecular formula is C15H11BrClN3. The first-order valence-electron chi connectivity index (χ1n) is 6.00. The van der Waals surface area contributed by atoms with Gasteiger partial charge in [-0.15, -0.1) is 0 Å². The van der Waals surface area contributed by atoms with E-state index in [-0.39, 0.29) is 0 Å². The van der Waals surface area contributed by atoms with Gasteiger partial charge in [0.25, 0.3) is 0 Å². The predicted octanol–water partition coefficient (Wildman–Crippen LogP) is 4.98. The third-order valence-corrected chi connectivity index (χ3v) is 3.73. The van der Waals surface area contributed by atoms with Crippen LogP contribution in [0.5, 0.6) is 0 Å². The number of para-hydroxylation sites is 2. The van der Waals surface area contributed by atoms with Crippen molar-refractivity contribution in [3.63, 3.8) is 0 Å². The SMILES string of the molecule is Nc1cccc(Cl)c1Nc1cccc2cc(Br)cnc12. The molecule has 0 atom stereocenters. The second-order valence-corrected chi connectivity index (χ2v) is 5.68. The Morgan fingerprint density at radius 1 is 1.15 bits per heavy atom. The van der Waals surface area contributed by atoms with Crippen molar-refractivity contribution in [1.29, 1.82) is 0 Å². The molecule has 0 unspecified atom stereocenters. The van der Waals surface area contributed by atoms with Crippen LogP contribution >= 0.6 is 27.5 Å². The van der Waals surface area contributed by atoms with Gasteiger partial charge in [0.15, 0.2) is 0 Å². The van der Waals surface area contributed by atoms with Gasteiger partial charge in [0.05, 0.1) is 27.6 Å². The largest absolute Gasteiger partial charge is 0.397 e. The fourth-order valence-corrected chi connectivity index (χ4v) is 2.62. The lowest BCUT2D eigenvalue weighted by Crippen LogP contribution is -1.98. The summed E-state index contributed by atoms with van der Waals surface area (Å²) in [5.74, 6) is 0. The number of nitrogen functional groups attached to an aromatic ring is 1. The van der Waals surface area contributed by atoms with Crippen LogP contribution in [0, 0.1) is 0 Å². The minimum absolute atomic E-state index is 0.583. The average molecular weight is 349 g/mol. The molecule has 1 aromatic heterocycles. The number of hydrogen-bond donors (Lipinski definition) is 2. The van der Waals surface area contributed by atoms with Crippen LogP contribution in [0.2, 0.25) is 5.02 Å². The second-order valence-electron chi connectivity index (χ2n) is 4.36. The van der Waals surface area contributed by atoms with Crippen molar-refractivity contribution >= 4 is 55.5 Å². The molecule has 0 bridgehead atoms. The van der Waals surface area contributed by atoms with Gasteiger partial charge in [0, 0.05) is 16.1 Å². The molecule has 3 nitrogen and oxygen atoms in total. The summed E-state index contributed by atoms with van der Waals surface area (Å²) in [5.41, 5.74) is 9.01. The quantitative estimate of drug-likeness (QED) is 0.642. The molecule has 0 amide bonds. The number of halogens is 2. The van der Waals surface area contributed by atoms with Crippen LogP contribution in [-0.2, 0) is 0 Å². The number of nitrogens with two attached hydrogens (primary N) is 1. The normalized spacial score (nSPS) is 10.7. The lowest BCUT2D eigenvalue weighted by Gasteiger charge is -2.12. The molecule has 0 saturated heterocycles. The number of rotatable bonds is 2. The van der Waals surface area contributed by atoms with Gasteiger partial charge in [-0.2, -0.15) is 0 Å². The maximum atomic E-state index is 6.19. The summed E-state index contributed by atoms with van der Waals surface area (Å²) in [6.45, 7) is 0. The van der Waals surface area contributed by atoms with E-state index in [2.05, 4.69) is 26.2 Å². The van der Waals surface area contributed by atoms with E-state index in [0.717, 1.165) is 21.1 Å². The highest BCUT2D eigenvalue weighted by Gasteiger charge is 2.08. The van der Waals surface area contributed by atoms with Crippen LogP contribution in [0.25, 0.3) is 10.9 Å². The zero-order valence-corrected chi connectivity index (χ0v) is 12.7. The molecule has 0 aliphatic carbocycles. The summed E-state index contributed by atoms with van der Waals surface area (Å²) in [6, 6.07) is 13.4. The first kappa shape index (κ1) is 13.2. The summed E-state index contributed by atoms with van der Waals surface area (Å²) >= 11 is 9.61. The zero-order valence-electron chi connectivity index (χ0n) is 10.4. The van der Waals surface area contributed by atoms with Gasteiger partial charge in [-0.25, -0.2) is 0 Å². The minimum atomic E-state index is 0.583. The van der Waals surface area contributed by atoms with Gasteiger partial charge in [0.2, 0.25) is 0 Å². The number of anilines is 3. The molecule has 0 aliphatic heterocycles. The van der Waals surface area contributed by atoms with Crippen molar-refractivity contribution in [3.05, 3.63) is 58.2 Å². The number of benzene rings is 2. The number of pyridine rings is 1. The smallest absolute Gasteiger partial charge is 0.0937 e. The molecule has 3 rings (SSSR count). The van der Waals surface area contributed by atoms with Crippen molar-refractivity contribution in [3.8, 4) is 0 Å². The summed E-state index contributed by atoms with van der Waals surface area (Å²) < 4.78 is 0.944. The van der Waals surface area contributed by atoms with Crippen molar-refractivity contribution in [1.82, 2.24) is 4.98 Å². The van der Waals surface area contributed by atoms with Gasteiger partial charge in [-0.05, 0) is 40.2 Å². The first-order chi connectivity index (χ1) is 9.65. The fraction of sp³-hybridized carbons (Fsp3) is 0. The van der Waals surface area contributed by atoms with Crippen molar-refractivity contribution in [2.24, 2.45) is 0 Å². The monoisotopic (exact) mass is 347 g/mol. The summed E-state index contributed by atoms with van der Waals surface area (Å²) in [4.78, 5) is 4.44. The van der Waals surface area contributed by atoms with Crippen molar-refractivity contribution in [2.75, 3.05) is 11.1 Å². The zero-order chi connectivity index (χ0) is 14.1. The highest BCUT2D eigenvalue weighted by molar-refractivity contribution is 9.10. The lowest BCUT2D eigenvalue weighted by atomic mass is 10.2. The van der Waals surface area contributed by atoms with Gasteiger partial charge in [0.1, 0.15) is 0 Å². The van der Waals surface area contributed by atoms with Gasteiger partial charge in [-0.1, -0.05) is 29.8 Å². The first-order valence-corrected chi connectivity index (χ1v) is 7.17. The molecule has 0 spiro atoms. The Bertz CT molecular complexity index is 769. The molecule has 0 saturated carbocycles. The highest BCUT2D eigenvalue weighted by atomic mass is 79.9. The van der Waals surface area contributed by atoms with Crippen LogP contribution in [0.1, 0.15) is 0 Å². The molecule has 100 valence electrons. The van der Waals surface area contributed by atoms with Crippen LogP contribution in [0.4, 0.5) is 17.1 Å². The molecule has 2 aromatic carbocycles. The van der Waals surface area contributed by atoms with Crippen LogP contribution in [0.3, 0.4) is 0 Å². The summed E-state index contributed by atoms with van der Waals surface area (Å²) in [6.07, 6.45) is 1.77. The maximum absolute atomic E-state index is 6.19. The Labute approximate surface area is 129 Å². The number of nitrogens with one attached hydrogen (secondary N) is 1. The standard InChI is InChI=1S/C15H11BrClN3/c16-10-7-9-3-1-6-13(14(9)19-8-10)20-15-11(17)4-2-5-12(15)18/h1-8,20H,18H2. The van der Waals surface area contributed by atoms with Crippen molar-refractivity contribution < 1.29 is 0 Å². The highest BCUT2D eigenvalue weighted by Crippen LogP contribution is 2.33. The molecule has 3 N–H and O–H groups in total. The Kier molecular flexibility index (Phi) is 3.51. The van der Waals surface area contributed by atoms with E-state index in [0.29, 0.717) is 16.4 Å². The van der Waals surface area contributed by atoms with Gasteiger partial charge >= 0.3 is 0 Å². The van der Waals surface area contributed by atoms with Crippen LogP contribution in [-0.4, -0.2) is 4.98 Å². The Morgan fingerprint density at radius 2 is 1.95 bits per heavy atom. The second kappa shape index (κ2) is 5.31. The van der Waals surface area contributed by atoms with Crippen LogP contribution < -0.4 is 11.1 Å². The van der Waals surface area contributed by atoms with E-state index < -0.39 is 0 Å². The molecule has 0 fully saturated rings. The number of aromatic nitrogens is 1. The minimum Gasteiger partial charge on any atom is -0.397 e. The van der Waals surface area contributed by atoms with Gasteiger partial charge < -0.3 is 11.1 Å². The predicted molar refractivity (Wildman–Crippen MR) is 88.6 cm³/mol. The Balaban J connectivity index is 2.11. The van der Waals surface area contributed by atoms with Crippen molar-refractivity contribution in [2.45, 2.75) is 0 Å². The van der Waals surface area contributed by atoms with E-state index in [9.17, 15) is 0 Å². The third kappa shape index (κ3) is 2.44. The Hall–Kier alpha value is -1.78. The third-order valence-electron chi connectivity index (χ3n) is 2.98. The van der Waals surface area contributed by atoms with E-state index >= 15 is 0 Å². The molecular weight excluding hydrogens is 338 g/mol. The number of hydrogen-bond acceptors (Lipinski definition) is 3.